The van der Waals surface area contributed by atoms with Gasteiger partial charge in [-0.05, 0) is 33.6 Å². The Morgan fingerprint density at radius 2 is 2.25 bits per heavy atom. The van der Waals surface area contributed by atoms with Crippen LogP contribution in [0.25, 0.3) is 0 Å². The molecule has 0 atom stereocenters. The average Bonchev–Trinajstić information content (AvgIpc) is 2.85. The smallest absolute Gasteiger partial charge is 0.412 e. The second-order valence-electron chi connectivity index (χ2n) is 5.07. The first kappa shape index (κ1) is 11.0. The zero-order valence-corrected chi connectivity index (χ0v) is 9.86. The van der Waals surface area contributed by atoms with E-state index in [0.29, 0.717) is 11.7 Å². The zero-order chi connectivity index (χ0) is 11.8. The molecule has 0 aromatic carbocycles. The van der Waals surface area contributed by atoms with E-state index in [4.69, 9.17) is 4.74 Å². The van der Waals surface area contributed by atoms with E-state index in [1.807, 2.05) is 31.6 Å². The van der Waals surface area contributed by atoms with Crippen LogP contribution in [0.4, 0.5) is 10.5 Å². The molecule has 16 heavy (non-hydrogen) atoms. The monoisotopic (exact) mass is 223 g/mol. The van der Waals surface area contributed by atoms with Crippen molar-refractivity contribution in [3.05, 3.63) is 12.4 Å². The van der Waals surface area contributed by atoms with Crippen LogP contribution in [-0.2, 0) is 4.74 Å². The summed E-state index contributed by atoms with van der Waals surface area (Å²) in [6.45, 7) is 5.50. The molecule has 1 aliphatic rings. The fourth-order valence-corrected chi connectivity index (χ4v) is 1.36. The molecule has 0 aliphatic heterocycles. The van der Waals surface area contributed by atoms with Gasteiger partial charge in [0.05, 0.1) is 17.9 Å². The van der Waals surface area contributed by atoms with Crippen molar-refractivity contribution < 1.29 is 9.53 Å². The van der Waals surface area contributed by atoms with Crippen molar-refractivity contribution in [1.29, 1.82) is 0 Å². The highest BCUT2D eigenvalue weighted by Gasteiger charge is 2.24. The van der Waals surface area contributed by atoms with Crippen molar-refractivity contribution in [2.24, 2.45) is 0 Å². The third-order valence-corrected chi connectivity index (χ3v) is 2.17. The third-order valence-electron chi connectivity index (χ3n) is 2.17. The van der Waals surface area contributed by atoms with Crippen molar-refractivity contribution in [2.45, 2.75) is 45.3 Å². The fraction of sp³-hybridized carbons (Fsp3) is 0.636. The summed E-state index contributed by atoms with van der Waals surface area (Å²) in [5.74, 6) is 0. The van der Waals surface area contributed by atoms with Crippen LogP contribution in [0, 0.1) is 0 Å². The molecule has 5 nitrogen and oxygen atoms in total. The molecule has 88 valence electrons. The lowest BCUT2D eigenvalue weighted by Crippen LogP contribution is -2.27. The summed E-state index contributed by atoms with van der Waals surface area (Å²) >= 11 is 0. The van der Waals surface area contributed by atoms with Crippen molar-refractivity contribution in [2.75, 3.05) is 5.32 Å². The normalized spacial score (nSPS) is 15.9. The van der Waals surface area contributed by atoms with Gasteiger partial charge in [-0.3, -0.25) is 10.00 Å². The SMILES string of the molecule is CC(C)(C)OC(=O)Nc1cnn(C2CC2)c1. The Bertz CT molecular complexity index is 388. The van der Waals surface area contributed by atoms with Gasteiger partial charge in [-0.25, -0.2) is 4.79 Å². The molecule has 5 heteroatoms. The van der Waals surface area contributed by atoms with E-state index in [0.717, 1.165) is 0 Å². The number of nitrogens with zero attached hydrogens (tertiary/aromatic N) is 2. The van der Waals surface area contributed by atoms with Crippen molar-refractivity contribution >= 4 is 11.8 Å². The van der Waals surface area contributed by atoms with Crippen LogP contribution in [0.2, 0.25) is 0 Å². The summed E-state index contributed by atoms with van der Waals surface area (Å²) in [6, 6.07) is 0.522. The molecule has 0 spiro atoms. The van der Waals surface area contributed by atoms with Crippen LogP contribution in [0.15, 0.2) is 12.4 Å². The summed E-state index contributed by atoms with van der Waals surface area (Å²) in [5, 5.41) is 6.83. The van der Waals surface area contributed by atoms with Crippen LogP contribution in [0.5, 0.6) is 0 Å². The molecule has 2 rings (SSSR count). The van der Waals surface area contributed by atoms with Crippen LogP contribution >= 0.6 is 0 Å². The van der Waals surface area contributed by atoms with Crippen molar-refractivity contribution in [3.8, 4) is 0 Å². The molecule has 1 amide bonds. The average molecular weight is 223 g/mol. The highest BCUT2D eigenvalue weighted by molar-refractivity contribution is 5.84. The number of carbonyl (C=O) groups excluding carboxylic acids is 1. The molecule has 0 bridgehead atoms. The third kappa shape index (κ3) is 2.98. The molecule has 1 fully saturated rings. The Morgan fingerprint density at radius 3 is 2.81 bits per heavy atom. The Morgan fingerprint density at radius 1 is 1.56 bits per heavy atom. The first-order chi connectivity index (χ1) is 7.44. The number of nitrogens with one attached hydrogen (secondary N) is 1. The minimum atomic E-state index is -0.476. The highest BCUT2D eigenvalue weighted by Crippen LogP contribution is 2.34. The first-order valence-corrected chi connectivity index (χ1v) is 5.48. The summed E-state index contributed by atoms with van der Waals surface area (Å²) in [6.07, 6.45) is 5.38. The second kappa shape index (κ2) is 3.81. The Kier molecular flexibility index (Phi) is 2.61. The largest absolute Gasteiger partial charge is 0.444 e. The molecule has 0 unspecified atom stereocenters. The number of carbonyl (C=O) groups is 1. The van der Waals surface area contributed by atoms with Crippen LogP contribution < -0.4 is 5.32 Å². The molecule has 1 aromatic heterocycles. The Hall–Kier alpha value is -1.52. The van der Waals surface area contributed by atoms with E-state index in [1.165, 1.54) is 12.8 Å². The molecule has 1 aliphatic carbocycles. The molecular weight excluding hydrogens is 206 g/mol. The number of aromatic nitrogens is 2. The minimum absolute atomic E-state index is 0.442. The molecule has 1 N–H and O–H groups in total. The van der Waals surface area contributed by atoms with Gasteiger partial charge in [0.2, 0.25) is 0 Å². The van der Waals surface area contributed by atoms with Crippen LogP contribution in [0.1, 0.15) is 39.7 Å². The molecule has 1 saturated carbocycles. The lowest BCUT2D eigenvalue weighted by atomic mass is 10.2. The number of hydrogen-bond acceptors (Lipinski definition) is 3. The number of amides is 1. The first-order valence-electron chi connectivity index (χ1n) is 5.48. The maximum atomic E-state index is 11.5. The summed E-state index contributed by atoms with van der Waals surface area (Å²) in [4.78, 5) is 11.5. The van der Waals surface area contributed by atoms with Crippen LogP contribution in [-0.4, -0.2) is 21.5 Å². The zero-order valence-electron chi connectivity index (χ0n) is 9.86. The van der Waals surface area contributed by atoms with Gasteiger partial charge < -0.3 is 4.74 Å². The van der Waals surface area contributed by atoms with Gasteiger partial charge in [0.25, 0.3) is 0 Å². The van der Waals surface area contributed by atoms with Gasteiger partial charge in [0.1, 0.15) is 5.60 Å². The molecule has 0 radical (unpaired) electrons. The number of rotatable bonds is 2. The van der Waals surface area contributed by atoms with E-state index in [1.54, 1.807) is 6.20 Å². The van der Waals surface area contributed by atoms with Gasteiger partial charge in [0, 0.05) is 6.20 Å². The minimum Gasteiger partial charge on any atom is -0.444 e. The van der Waals surface area contributed by atoms with E-state index in [9.17, 15) is 4.79 Å². The summed E-state index contributed by atoms with van der Waals surface area (Å²) in [7, 11) is 0. The Labute approximate surface area is 94.8 Å². The van der Waals surface area contributed by atoms with E-state index in [-0.39, 0.29) is 0 Å². The van der Waals surface area contributed by atoms with Crippen molar-refractivity contribution in [3.63, 3.8) is 0 Å². The van der Waals surface area contributed by atoms with Crippen LogP contribution in [0.3, 0.4) is 0 Å². The second-order valence-corrected chi connectivity index (χ2v) is 5.07. The Balaban J connectivity index is 1.90. The van der Waals surface area contributed by atoms with Gasteiger partial charge in [-0.1, -0.05) is 0 Å². The number of hydrogen-bond donors (Lipinski definition) is 1. The fourth-order valence-electron chi connectivity index (χ4n) is 1.36. The predicted octanol–water partition coefficient (Wildman–Crippen LogP) is 2.57. The number of ether oxygens (including phenoxy) is 1. The van der Waals surface area contributed by atoms with Gasteiger partial charge in [-0.15, -0.1) is 0 Å². The maximum Gasteiger partial charge on any atom is 0.412 e. The quantitative estimate of drug-likeness (QED) is 0.838. The van der Waals surface area contributed by atoms with E-state index >= 15 is 0 Å². The molecule has 1 heterocycles. The van der Waals surface area contributed by atoms with Crippen molar-refractivity contribution in [1.82, 2.24) is 9.78 Å². The summed E-state index contributed by atoms with van der Waals surface area (Å²) < 4.78 is 7.02. The molecular formula is C11H17N3O2. The van der Waals surface area contributed by atoms with Gasteiger partial charge >= 0.3 is 6.09 Å². The van der Waals surface area contributed by atoms with Gasteiger partial charge in [-0.2, -0.15) is 5.10 Å². The highest BCUT2D eigenvalue weighted by atomic mass is 16.6. The lowest BCUT2D eigenvalue weighted by molar-refractivity contribution is 0.0636. The maximum absolute atomic E-state index is 11.5. The van der Waals surface area contributed by atoms with E-state index < -0.39 is 11.7 Å². The molecule has 1 aromatic rings. The summed E-state index contributed by atoms with van der Waals surface area (Å²) in [5.41, 5.74) is 0.206. The molecule has 0 saturated heterocycles. The topological polar surface area (TPSA) is 56.1 Å². The standard InChI is InChI=1S/C11H17N3O2/c1-11(2,3)16-10(15)13-8-6-12-14(7-8)9-4-5-9/h6-7,9H,4-5H2,1-3H3,(H,13,15). The lowest BCUT2D eigenvalue weighted by Gasteiger charge is -2.19. The predicted molar refractivity (Wildman–Crippen MR) is 60.4 cm³/mol. The number of anilines is 1. The van der Waals surface area contributed by atoms with Gasteiger partial charge in [0.15, 0.2) is 0 Å². The van der Waals surface area contributed by atoms with E-state index in [2.05, 4.69) is 10.4 Å².